The number of para-hydroxylation sites is 2. The molecule has 0 amide bonds. The Morgan fingerprint density at radius 2 is 2.09 bits per heavy atom. The Hall–Kier alpha value is -3.15. The number of pyridine rings is 1. The summed E-state index contributed by atoms with van der Waals surface area (Å²) in [6.07, 6.45) is 5.55. The molecule has 23 heavy (non-hydrogen) atoms. The lowest BCUT2D eigenvalue weighted by Gasteiger charge is -2.02. The zero-order chi connectivity index (χ0) is 15.6. The van der Waals surface area contributed by atoms with E-state index in [0.717, 1.165) is 27.9 Å². The summed E-state index contributed by atoms with van der Waals surface area (Å²) in [5, 5.41) is 7.74. The molecule has 0 radical (unpaired) electrons. The van der Waals surface area contributed by atoms with E-state index in [-0.39, 0.29) is 0 Å². The number of fused-ring (bicyclic) bond motifs is 1. The third-order valence-electron chi connectivity index (χ3n) is 3.56. The highest BCUT2D eigenvalue weighted by Gasteiger charge is 2.11. The smallest absolute Gasteiger partial charge is 0.295 e. The molecule has 0 saturated heterocycles. The monoisotopic (exact) mass is 305 g/mol. The van der Waals surface area contributed by atoms with Crippen LogP contribution in [-0.2, 0) is 13.6 Å². The lowest BCUT2D eigenvalue weighted by atomic mass is 10.1. The van der Waals surface area contributed by atoms with Crippen molar-refractivity contribution < 1.29 is 4.42 Å². The number of benzene rings is 1. The van der Waals surface area contributed by atoms with Gasteiger partial charge in [-0.05, 0) is 24.3 Å². The number of nitrogens with one attached hydrogen (secondary N) is 1. The van der Waals surface area contributed by atoms with Gasteiger partial charge in [-0.1, -0.05) is 12.1 Å². The fourth-order valence-corrected chi connectivity index (χ4v) is 2.53. The maximum Gasteiger partial charge on any atom is 0.295 e. The maximum absolute atomic E-state index is 5.68. The third kappa shape index (κ3) is 2.66. The van der Waals surface area contributed by atoms with Gasteiger partial charge in [0.2, 0.25) is 0 Å². The molecule has 0 fully saturated rings. The second kappa shape index (κ2) is 5.57. The minimum Gasteiger partial charge on any atom is -0.424 e. The van der Waals surface area contributed by atoms with E-state index < -0.39 is 0 Å². The van der Waals surface area contributed by atoms with Gasteiger partial charge >= 0.3 is 0 Å². The zero-order valence-corrected chi connectivity index (χ0v) is 12.6. The molecule has 0 saturated carbocycles. The molecule has 0 aliphatic carbocycles. The molecule has 3 aromatic heterocycles. The van der Waals surface area contributed by atoms with Crippen LogP contribution in [0.1, 0.15) is 5.56 Å². The molecule has 0 unspecified atom stereocenters. The summed E-state index contributed by atoms with van der Waals surface area (Å²) in [4.78, 5) is 8.58. The summed E-state index contributed by atoms with van der Waals surface area (Å²) in [7, 11) is 1.91. The molecule has 0 atom stereocenters. The Bertz CT molecular complexity index is 909. The normalized spacial score (nSPS) is 11.0. The number of nitrogens with zero attached hydrogens (tertiary/aromatic N) is 4. The van der Waals surface area contributed by atoms with Gasteiger partial charge in [0.05, 0.1) is 5.69 Å². The third-order valence-corrected chi connectivity index (χ3v) is 3.56. The number of hydrogen-bond acceptors (Lipinski definition) is 5. The van der Waals surface area contributed by atoms with Crippen molar-refractivity contribution in [3.05, 3.63) is 60.6 Å². The topological polar surface area (TPSA) is 68.8 Å². The van der Waals surface area contributed by atoms with Gasteiger partial charge in [-0.25, -0.2) is 0 Å². The summed E-state index contributed by atoms with van der Waals surface area (Å²) in [5.74, 6) is 0. The molecule has 3 heterocycles. The number of aryl methyl sites for hydroxylation is 1. The molecule has 1 aromatic carbocycles. The molecule has 0 aliphatic heterocycles. The van der Waals surface area contributed by atoms with E-state index in [2.05, 4.69) is 20.4 Å². The molecular weight excluding hydrogens is 290 g/mol. The van der Waals surface area contributed by atoms with Crippen molar-refractivity contribution in [3.63, 3.8) is 0 Å². The molecule has 0 aliphatic rings. The van der Waals surface area contributed by atoms with Crippen LogP contribution in [0.2, 0.25) is 0 Å². The van der Waals surface area contributed by atoms with E-state index in [9.17, 15) is 0 Å². The first-order valence-corrected chi connectivity index (χ1v) is 7.32. The largest absolute Gasteiger partial charge is 0.424 e. The molecule has 4 rings (SSSR count). The molecule has 4 aromatic rings. The summed E-state index contributed by atoms with van der Waals surface area (Å²) < 4.78 is 7.48. The van der Waals surface area contributed by atoms with Crippen LogP contribution in [0.4, 0.5) is 6.01 Å². The summed E-state index contributed by atoms with van der Waals surface area (Å²) in [5.41, 5.74) is 4.57. The quantitative estimate of drug-likeness (QED) is 0.627. The molecular formula is C17H15N5O. The Morgan fingerprint density at radius 1 is 1.17 bits per heavy atom. The van der Waals surface area contributed by atoms with Crippen molar-refractivity contribution in [2.45, 2.75) is 6.54 Å². The Kier molecular flexibility index (Phi) is 3.27. The van der Waals surface area contributed by atoms with Gasteiger partial charge in [0.15, 0.2) is 5.58 Å². The molecule has 114 valence electrons. The maximum atomic E-state index is 5.68. The van der Waals surface area contributed by atoms with Crippen LogP contribution in [0, 0.1) is 0 Å². The fraction of sp³-hybridized carbons (Fsp3) is 0.118. The van der Waals surface area contributed by atoms with Crippen LogP contribution < -0.4 is 5.32 Å². The standard InChI is InChI=1S/C17H15N5O/c1-22-11-13(16(21-22)12-5-4-8-18-9-12)10-19-17-20-14-6-2-3-7-15(14)23-17/h2-9,11H,10H2,1H3,(H,19,20). The van der Waals surface area contributed by atoms with Crippen LogP contribution >= 0.6 is 0 Å². The Morgan fingerprint density at radius 3 is 2.91 bits per heavy atom. The van der Waals surface area contributed by atoms with Crippen molar-refractivity contribution in [1.82, 2.24) is 19.7 Å². The number of aromatic nitrogens is 4. The van der Waals surface area contributed by atoms with Gasteiger partial charge in [0.1, 0.15) is 5.52 Å². The predicted molar refractivity (Wildman–Crippen MR) is 87.8 cm³/mol. The van der Waals surface area contributed by atoms with Crippen molar-refractivity contribution in [2.24, 2.45) is 7.05 Å². The number of hydrogen-bond donors (Lipinski definition) is 1. The average Bonchev–Trinajstić information content (AvgIpc) is 3.16. The summed E-state index contributed by atoms with van der Waals surface area (Å²) in [6, 6.07) is 12.1. The molecule has 0 spiro atoms. The zero-order valence-electron chi connectivity index (χ0n) is 12.6. The van der Waals surface area contributed by atoms with Gasteiger partial charge in [-0.3, -0.25) is 9.67 Å². The van der Waals surface area contributed by atoms with Gasteiger partial charge in [0, 0.05) is 43.3 Å². The number of oxazole rings is 1. The van der Waals surface area contributed by atoms with Gasteiger partial charge < -0.3 is 9.73 Å². The minimum absolute atomic E-state index is 0.507. The Labute approximate surface area is 132 Å². The Balaban J connectivity index is 1.59. The summed E-state index contributed by atoms with van der Waals surface area (Å²) in [6.45, 7) is 0.574. The van der Waals surface area contributed by atoms with E-state index >= 15 is 0 Å². The van der Waals surface area contributed by atoms with Crippen molar-refractivity contribution >= 4 is 17.1 Å². The second-order valence-electron chi connectivity index (χ2n) is 5.26. The van der Waals surface area contributed by atoms with Crippen LogP contribution in [0.3, 0.4) is 0 Å². The van der Waals surface area contributed by atoms with Crippen LogP contribution in [0.25, 0.3) is 22.4 Å². The van der Waals surface area contributed by atoms with E-state index in [1.165, 1.54) is 0 Å². The molecule has 6 heteroatoms. The van der Waals surface area contributed by atoms with Crippen LogP contribution in [0.15, 0.2) is 59.4 Å². The SMILES string of the molecule is Cn1cc(CNc2nc3ccccc3o2)c(-c2cccnc2)n1. The highest BCUT2D eigenvalue weighted by molar-refractivity contribution is 5.74. The average molecular weight is 305 g/mol. The van der Waals surface area contributed by atoms with Crippen molar-refractivity contribution in [3.8, 4) is 11.3 Å². The highest BCUT2D eigenvalue weighted by atomic mass is 16.4. The first-order chi connectivity index (χ1) is 11.3. The first kappa shape index (κ1) is 13.5. The van der Waals surface area contributed by atoms with Gasteiger partial charge in [0.25, 0.3) is 6.01 Å². The second-order valence-corrected chi connectivity index (χ2v) is 5.26. The molecule has 6 nitrogen and oxygen atoms in total. The van der Waals surface area contributed by atoms with E-state index in [0.29, 0.717) is 12.6 Å². The van der Waals surface area contributed by atoms with E-state index in [1.807, 2.05) is 55.8 Å². The lowest BCUT2D eigenvalue weighted by Crippen LogP contribution is -2.00. The molecule has 1 N–H and O–H groups in total. The van der Waals surface area contributed by atoms with Crippen LogP contribution in [-0.4, -0.2) is 19.7 Å². The van der Waals surface area contributed by atoms with Crippen LogP contribution in [0.5, 0.6) is 0 Å². The first-order valence-electron chi connectivity index (χ1n) is 7.32. The van der Waals surface area contributed by atoms with E-state index in [4.69, 9.17) is 4.42 Å². The van der Waals surface area contributed by atoms with Crippen molar-refractivity contribution in [1.29, 1.82) is 0 Å². The van der Waals surface area contributed by atoms with E-state index in [1.54, 1.807) is 10.9 Å². The number of anilines is 1. The fourth-order valence-electron chi connectivity index (χ4n) is 2.53. The number of rotatable bonds is 4. The van der Waals surface area contributed by atoms with Gasteiger partial charge in [-0.2, -0.15) is 10.1 Å². The van der Waals surface area contributed by atoms with Crippen molar-refractivity contribution in [2.75, 3.05) is 5.32 Å². The minimum atomic E-state index is 0.507. The molecule has 0 bridgehead atoms. The summed E-state index contributed by atoms with van der Waals surface area (Å²) >= 11 is 0. The lowest BCUT2D eigenvalue weighted by molar-refractivity contribution is 0.614. The van der Waals surface area contributed by atoms with Gasteiger partial charge in [-0.15, -0.1) is 0 Å². The highest BCUT2D eigenvalue weighted by Crippen LogP contribution is 2.23. The predicted octanol–water partition coefficient (Wildman–Crippen LogP) is 3.24.